The molecule has 0 radical (unpaired) electrons. The fraction of sp³-hybridized carbons (Fsp3) is 0.0714. The van der Waals surface area contributed by atoms with E-state index in [1.165, 1.54) is 6.07 Å². The first-order valence-electron chi connectivity index (χ1n) is 5.60. The molecular weight excluding hydrogens is 327 g/mol. The maximum Gasteiger partial charge on any atom is 0.146 e. The second-order valence-electron chi connectivity index (χ2n) is 4.17. The molecule has 2 aromatic carbocycles. The summed E-state index contributed by atoms with van der Waals surface area (Å²) in [4.78, 5) is 0.320. The minimum Gasteiger partial charge on any atom is -0.389 e. The highest BCUT2D eigenvalue weighted by Crippen LogP contribution is 2.26. The maximum absolute atomic E-state index is 13.6. The number of anilines is 2. The zero-order valence-corrected chi connectivity index (χ0v) is 12.6. The molecule has 5 heteroatoms. The summed E-state index contributed by atoms with van der Waals surface area (Å²) < 4.78 is 14.4. The Morgan fingerprint density at radius 1 is 1.26 bits per heavy atom. The normalized spacial score (nSPS) is 10.3. The number of thiocarbonyl (C=S) groups is 1. The number of aryl methyl sites for hydroxylation is 1. The average molecular weight is 339 g/mol. The molecule has 0 aliphatic carbocycles. The summed E-state index contributed by atoms with van der Waals surface area (Å²) in [5, 5.41) is 3.03. The lowest BCUT2D eigenvalue weighted by Gasteiger charge is -2.10. The third-order valence-electron chi connectivity index (χ3n) is 2.64. The third-order valence-corrected chi connectivity index (χ3v) is 3.51. The van der Waals surface area contributed by atoms with Crippen LogP contribution in [0.25, 0.3) is 0 Å². The fourth-order valence-corrected chi connectivity index (χ4v) is 2.58. The van der Waals surface area contributed by atoms with Crippen molar-refractivity contribution < 1.29 is 4.39 Å². The van der Waals surface area contributed by atoms with E-state index >= 15 is 0 Å². The Labute approximate surface area is 124 Å². The summed E-state index contributed by atoms with van der Waals surface area (Å²) in [6, 6.07) is 10.3. The smallest absolute Gasteiger partial charge is 0.146 e. The lowest BCUT2D eigenvalue weighted by molar-refractivity contribution is 0.631. The van der Waals surface area contributed by atoms with Gasteiger partial charge in [0.2, 0.25) is 0 Å². The quantitative estimate of drug-likeness (QED) is 0.820. The van der Waals surface area contributed by atoms with Crippen molar-refractivity contribution in [2.45, 2.75) is 6.92 Å². The van der Waals surface area contributed by atoms with Crippen molar-refractivity contribution in [3.8, 4) is 0 Å². The number of hydrogen-bond acceptors (Lipinski definition) is 2. The van der Waals surface area contributed by atoms with Crippen LogP contribution in [-0.2, 0) is 0 Å². The first-order valence-corrected chi connectivity index (χ1v) is 6.80. The van der Waals surface area contributed by atoms with Crippen molar-refractivity contribution in [1.82, 2.24) is 0 Å². The van der Waals surface area contributed by atoms with Gasteiger partial charge in [-0.3, -0.25) is 0 Å². The van der Waals surface area contributed by atoms with Crippen LogP contribution in [0.15, 0.2) is 40.9 Å². The van der Waals surface area contributed by atoms with Gasteiger partial charge in [-0.1, -0.05) is 18.3 Å². The molecule has 0 aromatic heterocycles. The summed E-state index contributed by atoms with van der Waals surface area (Å²) in [6.45, 7) is 1.91. The Morgan fingerprint density at radius 3 is 2.63 bits per heavy atom. The number of hydrogen-bond donors (Lipinski definition) is 2. The van der Waals surface area contributed by atoms with E-state index in [1.807, 2.05) is 13.0 Å². The molecule has 0 aliphatic heterocycles. The first-order chi connectivity index (χ1) is 8.97. The van der Waals surface area contributed by atoms with Crippen LogP contribution in [0.4, 0.5) is 15.8 Å². The molecule has 0 bridgehead atoms. The molecule has 2 nitrogen and oxygen atoms in total. The van der Waals surface area contributed by atoms with Crippen molar-refractivity contribution in [3.05, 3.63) is 57.8 Å². The molecule has 0 heterocycles. The van der Waals surface area contributed by atoms with E-state index < -0.39 is 0 Å². The van der Waals surface area contributed by atoms with E-state index in [1.54, 1.807) is 24.3 Å². The largest absolute Gasteiger partial charge is 0.389 e. The molecule has 0 saturated carbocycles. The predicted molar refractivity (Wildman–Crippen MR) is 84.4 cm³/mol. The number of rotatable bonds is 3. The van der Waals surface area contributed by atoms with Gasteiger partial charge in [-0.15, -0.1) is 0 Å². The monoisotopic (exact) mass is 338 g/mol. The highest BCUT2D eigenvalue weighted by molar-refractivity contribution is 9.10. The molecule has 3 N–H and O–H groups in total. The van der Waals surface area contributed by atoms with Gasteiger partial charge in [-0.05, 0) is 58.7 Å². The van der Waals surface area contributed by atoms with Gasteiger partial charge in [-0.2, -0.15) is 0 Å². The Kier molecular flexibility index (Phi) is 4.17. The maximum atomic E-state index is 13.6. The summed E-state index contributed by atoms with van der Waals surface area (Å²) >= 11 is 8.32. The van der Waals surface area contributed by atoms with Gasteiger partial charge in [0, 0.05) is 15.7 Å². The average Bonchev–Trinajstić information content (AvgIpc) is 2.33. The SMILES string of the molecule is Cc1ccc(F)c(Nc2ccc(C(N)=S)c(Br)c2)c1. The number of benzene rings is 2. The number of halogens is 2. The van der Waals surface area contributed by atoms with Crippen LogP contribution < -0.4 is 11.1 Å². The fourth-order valence-electron chi connectivity index (χ4n) is 1.68. The molecular formula is C14H12BrFN2S. The summed E-state index contributed by atoms with van der Waals surface area (Å²) in [5.41, 5.74) is 8.53. The Bertz CT molecular complexity index is 643. The van der Waals surface area contributed by atoms with Crippen molar-refractivity contribution >= 4 is 44.5 Å². The summed E-state index contributed by atoms with van der Waals surface area (Å²) in [6.07, 6.45) is 0. The Morgan fingerprint density at radius 2 is 2.00 bits per heavy atom. The van der Waals surface area contributed by atoms with Crippen LogP contribution in [0.1, 0.15) is 11.1 Å². The third kappa shape index (κ3) is 3.30. The number of nitrogens with two attached hydrogens (primary N) is 1. The van der Waals surface area contributed by atoms with E-state index in [0.29, 0.717) is 10.7 Å². The van der Waals surface area contributed by atoms with Gasteiger partial charge in [0.05, 0.1) is 5.69 Å². The molecule has 2 rings (SSSR count). The molecule has 2 aromatic rings. The standard InChI is InChI=1S/C14H12BrFN2S/c1-8-2-5-12(16)13(6-8)18-9-3-4-10(14(17)19)11(15)7-9/h2-7,18H,1H3,(H2,17,19). The zero-order chi connectivity index (χ0) is 14.0. The lowest BCUT2D eigenvalue weighted by atomic mass is 10.2. The van der Waals surface area contributed by atoms with Gasteiger partial charge < -0.3 is 11.1 Å². The van der Waals surface area contributed by atoms with Crippen molar-refractivity contribution in [1.29, 1.82) is 0 Å². The molecule has 0 fully saturated rings. The van der Waals surface area contributed by atoms with Crippen LogP contribution in [0, 0.1) is 12.7 Å². The van der Waals surface area contributed by atoms with Crippen LogP contribution in [0.2, 0.25) is 0 Å². The van der Waals surface area contributed by atoms with Crippen molar-refractivity contribution in [3.63, 3.8) is 0 Å². The second-order valence-corrected chi connectivity index (χ2v) is 5.46. The zero-order valence-electron chi connectivity index (χ0n) is 10.2. The highest BCUT2D eigenvalue weighted by Gasteiger charge is 2.06. The van der Waals surface area contributed by atoms with Crippen LogP contribution in [-0.4, -0.2) is 4.99 Å². The molecule has 0 aliphatic rings. The van der Waals surface area contributed by atoms with Crippen LogP contribution in [0.3, 0.4) is 0 Å². The lowest BCUT2D eigenvalue weighted by Crippen LogP contribution is -2.10. The highest BCUT2D eigenvalue weighted by atomic mass is 79.9. The topological polar surface area (TPSA) is 38.0 Å². The Balaban J connectivity index is 2.31. The number of nitrogens with one attached hydrogen (secondary N) is 1. The first kappa shape index (κ1) is 14.0. The molecule has 19 heavy (non-hydrogen) atoms. The summed E-state index contributed by atoms with van der Waals surface area (Å²) in [5.74, 6) is -0.292. The molecule has 0 spiro atoms. The Hall–Kier alpha value is -1.46. The minimum absolute atomic E-state index is 0.292. The molecule has 0 saturated heterocycles. The molecule has 0 amide bonds. The van der Waals surface area contributed by atoms with E-state index in [0.717, 1.165) is 21.3 Å². The van der Waals surface area contributed by atoms with E-state index in [-0.39, 0.29) is 5.82 Å². The van der Waals surface area contributed by atoms with Gasteiger partial charge in [0.25, 0.3) is 0 Å². The van der Waals surface area contributed by atoms with E-state index in [2.05, 4.69) is 21.2 Å². The van der Waals surface area contributed by atoms with Crippen LogP contribution in [0.5, 0.6) is 0 Å². The van der Waals surface area contributed by atoms with Crippen molar-refractivity contribution in [2.24, 2.45) is 5.73 Å². The second kappa shape index (κ2) is 5.67. The molecule has 0 atom stereocenters. The van der Waals surface area contributed by atoms with Gasteiger partial charge in [-0.25, -0.2) is 4.39 Å². The van der Waals surface area contributed by atoms with E-state index in [9.17, 15) is 4.39 Å². The van der Waals surface area contributed by atoms with Crippen molar-refractivity contribution in [2.75, 3.05) is 5.32 Å². The molecule has 98 valence electrons. The minimum atomic E-state index is -0.292. The summed E-state index contributed by atoms with van der Waals surface area (Å²) in [7, 11) is 0. The van der Waals surface area contributed by atoms with Crippen LogP contribution >= 0.6 is 28.1 Å². The van der Waals surface area contributed by atoms with Gasteiger partial charge in [0.1, 0.15) is 10.8 Å². The molecule has 0 unspecified atom stereocenters. The predicted octanol–water partition coefficient (Wildman–Crippen LogP) is 4.27. The van der Waals surface area contributed by atoms with E-state index in [4.69, 9.17) is 18.0 Å². The van der Waals surface area contributed by atoms with Gasteiger partial charge in [0.15, 0.2) is 0 Å². The van der Waals surface area contributed by atoms with Gasteiger partial charge >= 0.3 is 0 Å².